The molecule has 0 atom stereocenters. The summed E-state index contributed by atoms with van der Waals surface area (Å²) in [5, 5.41) is 2.63. The highest BCUT2D eigenvalue weighted by Gasteiger charge is 2.22. The highest BCUT2D eigenvalue weighted by atomic mass is 19.1. The van der Waals surface area contributed by atoms with Crippen molar-refractivity contribution in [2.45, 2.75) is 32.6 Å². The number of hydrogen-bond acceptors (Lipinski definition) is 5. The Labute approximate surface area is 157 Å². The number of nitrogens with zero attached hydrogens (tertiary/aromatic N) is 1. The molecule has 6 nitrogen and oxygen atoms in total. The van der Waals surface area contributed by atoms with Gasteiger partial charge in [0, 0.05) is 23.0 Å². The number of anilines is 1. The van der Waals surface area contributed by atoms with Crippen LogP contribution in [0.4, 0.5) is 10.1 Å². The number of halogens is 1. The molecule has 1 heterocycles. The molecule has 0 bridgehead atoms. The number of carbonyl (C=O) groups is 2. The molecule has 1 amide bonds. The van der Waals surface area contributed by atoms with E-state index >= 15 is 0 Å². The molecule has 1 aromatic heterocycles. The molecule has 0 spiro atoms. The minimum atomic E-state index is -0.611. The Bertz CT molecular complexity index is 860. The van der Waals surface area contributed by atoms with E-state index in [0.29, 0.717) is 11.4 Å². The van der Waals surface area contributed by atoms with Gasteiger partial charge in [-0.3, -0.25) is 4.79 Å². The molecule has 0 saturated heterocycles. The topological polar surface area (TPSA) is 77.5 Å². The van der Waals surface area contributed by atoms with Gasteiger partial charge in [0.15, 0.2) is 0 Å². The zero-order valence-corrected chi connectivity index (χ0v) is 16.1. The van der Waals surface area contributed by atoms with Gasteiger partial charge in [0.25, 0.3) is 0 Å². The van der Waals surface area contributed by atoms with Gasteiger partial charge in [0.1, 0.15) is 17.3 Å². The van der Waals surface area contributed by atoms with Gasteiger partial charge >= 0.3 is 5.97 Å². The Balaban J connectivity index is 2.20. The Kier molecular flexibility index (Phi) is 6.15. The van der Waals surface area contributed by atoms with Crippen molar-refractivity contribution in [2.24, 2.45) is 0 Å². The summed E-state index contributed by atoms with van der Waals surface area (Å²) in [6.07, 6.45) is 1.20. The number of pyridine rings is 1. The second-order valence-corrected chi connectivity index (χ2v) is 7.04. The molecule has 0 aliphatic carbocycles. The summed E-state index contributed by atoms with van der Waals surface area (Å²) in [6, 6.07) is 5.87. The van der Waals surface area contributed by atoms with Crippen LogP contribution in [0.1, 0.15) is 42.4 Å². The third kappa shape index (κ3) is 5.03. The maximum absolute atomic E-state index is 14.5. The predicted molar refractivity (Wildman–Crippen MR) is 99.6 cm³/mol. The van der Waals surface area contributed by atoms with Crippen molar-refractivity contribution in [1.82, 2.24) is 4.98 Å². The molecule has 7 heteroatoms. The van der Waals surface area contributed by atoms with E-state index in [1.165, 1.54) is 38.6 Å². The molecule has 144 valence electrons. The minimum Gasteiger partial charge on any atom is -0.496 e. The Morgan fingerprint density at radius 1 is 1.19 bits per heavy atom. The molecule has 0 radical (unpaired) electrons. The quantitative estimate of drug-likeness (QED) is 0.811. The van der Waals surface area contributed by atoms with Gasteiger partial charge in [-0.1, -0.05) is 20.8 Å². The molecule has 0 fully saturated rings. The van der Waals surface area contributed by atoms with E-state index in [1.54, 1.807) is 6.07 Å². The molecule has 1 aromatic carbocycles. The standard InChI is InChI=1S/C20H23FN2O4/c1-20(2,3)14-11-15(21)12(8-17(14)26-4)9-18(24)23-13-6-7-22-16(10-13)19(25)27-5/h6-8,10-11H,9H2,1-5H3,(H,22,23,24). The second-order valence-electron chi connectivity index (χ2n) is 7.04. The van der Waals surface area contributed by atoms with Crippen LogP contribution in [0.15, 0.2) is 30.5 Å². The number of esters is 1. The minimum absolute atomic E-state index is 0.0673. The summed E-state index contributed by atoms with van der Waals surface area (Å²) in [7, 11) is 2.75. The first-order chi connectivity index (χ1) is 12.7. The number of rotatable bonds is 5. The first kappa shape index (κ1) is 20.4. The molecular formula is C20H23FN2O4. The summed E-state index contributed by atoms with van der Waals surface area (Å²) in [5.41, 5.74) is 1.09. The smallest absolute Gasteiger partial charge is 0.356 e. The van der Waals surface area contributed by atoms with E-state index in [-0.39, 0.29) is 23.1 Å². The predicted octanol–water partition coefficient (Wildman–Crippen LogP) is 3.49. The molecule has 2 aromatic rings. The van der Waals surface area contributed by atoms with Gasteiger partial charge in [-0.15, -0.1) is 0 Å². The number of methoxy groups -OCH3 is 2. The molecule has 0 saturated carbocycles. The SMILES string of the molecule is COC(=O)c1cc(NC(=O)Cc2cc(OC)c(C(C)(C)C)cc2F)ccn1. The van der Waals surface area contributed by atoms with Gasteiger partial charge in [0.2, 0.25) is 5.91 Å². The number of ether oxygens (including phenoxy) is 2. The van der Waals surface area contributed by atoms with E-state index in [1.807, 2.05) is 20.8 Å². The summed E-state index contributed by atoms with van der Waals surface area (Å²) >= 11 is 0. The summed E-state index contributed by atoms with van der Waals surface area (Å²) in [5.74, 6) is -0.981. The summed E-state index contributed by atoms with van der Waals surface area (Å²) in [4.78, 5) is 27.7. The van der Waals surface area contributed by atoms with E-state index < -0.39 is 17.7 Å². The van der Waals surface area contributed by atoms with Gasteiger partial charge in [0.05, 0.1) is 20.6 Å². The van der Waals surface area contributed by atoms with Gasteiger partial charge in [-0.25, -0.2) is 14.2 Å². The largest absolute Gasteiger partial charge is 0.496 e. The molecule has 0 aliphatic rings. The van der Waals surface area contributed by atoms with Gasteiger partial charge in [-0.2, -0.15) is 0 Å². The molecule has 0 aliphatic heterocycles. The van der Waals surface area contributed by atoms with Crippen molar-refractivity contribution in [2.75, 3.05) is 19.5 Å². The lowest BCUT2D eigenvalue weighted by molar-refractivity contribution is -0.115. The normalized spacial score (nSPS) is 11.0. The van der Waals surface area contributed by atoms with Crippen LogP contribution in [0, 0.1) is 5.82 Å². The van der Waals surface area contributed by atoms with Crippen molar-refractivity contribution in [3.8, 4) is 5.75 Å². The van der Waals surface area contributed by atoms with E-state index in [9.17, 15) is 14.0 Å². The first-order valence-corrected chi connectivity index (χ1v) is 8.36. The average molecular weight is 374 g/mol. The van der Waals surface area contributed by atoms with Crippen LogP contribution in [-0.4, -0.2) is 31.1 Å². The lowest BCUT2D eigenvalue weighted by atomic mass is 9.85. The maximum atomic E-state index is 14.5. The van der Waals surface area contributed by atoms with E-state index in [2.05, 4.69) is 15.0 Å². The van der Waals surface area contributed by atoms with Crippen LogP contribution in [0.3, 0.4) is 0 Å². The van der Waals surface area contributed by atoms with Crippen LogP contribution in [0.5, 0.6) is 5.75 Å². The Morgan fingerprint density at radius 2 is 1.89 bits per heavy atom. The lowest BCUT2D eigenvalue weighted by Crippen LogP contribution is -2.18. The average Bonchev–Trinajstić information content (AvgIpc) is 2.61. The third-order valence-electron chi connectivity index (χ3n) is 3.97. The number of hydrogen-bond donors (Lipinski definition) is 1. The summed E-state index contributed by atoms with van der Waals surface area (Å²) < 4.78 is 24.5. The zero-order valence-electron chi connectivity index (χ0n) is 16.1. The molecule has 27 heavy (non-hydrogen) atoms. The fourth-order valence-electron chi connectivity index (χ4n) is 2.59. The Morgan fingerprint density at radius 3 is 2.48 bits per heavy atom. The molecular weight excluding hydrogens is 351 g/mol. The van der Waals surface area contributed by atoms with Crippen LogP contribution in [-0.2, 0) is 21.4 Å². The molecule has 0 unspecified atom stereocenters. The molecule has 2 rings (SSSR count). The highest BCUT2D eigenvalue weighted by Crippen LogP contribution is 2.33. The fourth-order valence-corrected chi connectivity index (χ4v) is 2.59. The van der Waals surface area contributed by atoms with E-state index in [4.69, 9.17) is 4.74 Å². The van der Waals surface area contributed by atoms with Gasteiger partial charge in [-0.05, 0) is 29.7 Å². The van der Waals surface area contributed by atoms with Crippen LogP contribution < -0.4 is 10.1 Å². The van der Waals surface area contributed by atoms with Crippen LogP contribution in [0.2, 0.25) is 0 Å². The van der Waals surface area contributed by atoms with Crippen molar-refractivity contribution < 1.29 is 23.5 Å². The van der Waals surface area contributed by atoms with Crippen LogP contribution >= 0.6 is 0 Å². The fraction of sp³-hybridized carbons (Fsp3) is 0.350. The number of amides is 1. The number of aromatic nitrogens is 1. The van der Waals surface area contributed by atoms with Crippen molar-refractivity contribution >= 4 is 17.6 Å². The van der Waals surface area contributed by atoms with Crippen molar-refractivity contribution in [3.05, 3.63) is 53.1 Å². The van der Waals surface area contributed by atoms with E-state index in [0.717, 1.165) is 5.56 Å². The zero-order chi connectivity index (χ0) is 20.2. The van der Waals surface area contributed by atoms with Gasteiger partial charge < -0.3 is 14.8 Å². The number of benzene rings is 1. The van der Waals surface area contributed by atoms with Crippen molar-refractivity contribution in [3.63, 3.8) is 0 Å². The maximum Gasteiger partial charge on any atom is 0.356 e. The monoisotopic (exact) mass is 374 g/mol. The lowest BCUT2D eigenvalue weighted by Gasteiger charge is -2.23. The van der Waals surface area contributed by atoms with Crippen LogP contribution in [0.25, 0.3) is 0 Å². The Hall–Kier alpha value is -2.96. The van der Waals surface area contributed by atoms with Crippen molar-refractivity contribution in [1.29, 1.82) is 0 Å². The first-order valence-electron chi connectivity index (χ1n) is 8.36. The second kappa shape index (κ2) is 8.16. The number of nitrogens with one attached hydrogen (secondary N) is 1. The summed E-state index contributed by atoms with van der Waals surface area (Å²) in [6.45, 7) is 5.87. The number of carbonyl (C=O) groups excluding carboxylic acids is 2. The third-order valence-corrected chi connectivity index (χ3v) is 3.97. The molecule has 1 N–H and O–H groups in total. The highest BCUT2D eigenvalue weighted by molar-refractivity contribution is 5.94.